The number of nitrogens with one attached hydrogen (secondary N) is 1. The fourth-order valence-corrected chi connectivity index (χ4v) is 4.72. The summed E-state index contributed by atoms with van der Waals surface area (Å²) in [5.74, 6) is 1.69. The van der Waals surface area contributed by atoms with Crippen LogP contribution in [-0.4, -0.2) is 85.5 Å². The summed E-state index contributed by atoms with van der Waals surface area (Å²) in [6, 6.07) is 6.52. The number of amidine groups is 1. The Morgan fingerprint density at radius 1 is 1.34 bits per heavy atom. The molecule has 0 aliphatic carbocycles. The number of carbonyl (C=O) groups excluding carboxylic acids is 1. The number of hydrogen-bond acceptors (Lipinski definition) is 5. The van der Waals surface area contributed by atoms with Gasteiger partial charge >= 0.3 is 0 Å². The van der Waals surface area contributed by atoms with Crippen molar-refractivity contribution < 1.29 is 14.3 Å². The van der Waals surface area contributed by atoms with Gasteiger partial charge in [-0.3, -0.25) is 14.7 Å². The average molecular weight is 484 g/mol. The molecule has 0 spiro atoms. The molecule has 1 N–H and O–H groups in total. The lowest BCUT2D eigenvalue weighted by molar-refractivity contribution is -0.128. The monoisotopic (exact) mass is 483 g/mol. The molecule has 3 atom stereocenters. The van der Waals surface area contributed by atoms with E-state index in [1.165, 1.54) is 6.08 Å². The molecule has 35 heavy (non-hydrogen) atoms. The van der Waals surface area contributed by atoms with Crippen molar-refractivity contribution in [3.8, 4) is 5.75 Å². The van der Waals surface area contributed by atoms with Gasteiger partial charge in [-0.1, -0.05) is 13.5 Å². The van der Waals surface area contributed by atoms with Crippen LogP contribution in [0.15, 0.2) is 40.8 Å². The molecular formula is C27H41N5O3. The van der Waals surface area contributed by atoms with Crippen LogP contribution >= 0.6 is 0 Å². The fraction of sp³-hybridized carbons (Fsp3) is 0.593. The molecule has 1 aromatic rings. The molecule has 2 heterocycles. The highest BCUT2D eigenvalue weighted by Gasteiger charge is 2.27. The van der Waals surface area contributed by atoms with Crippen LogP contribution in [0.3, 0.4) is 0 Å². The summed E-state index contributed by atoms with van der Waals surface area (Å²) in [5.41, 5.74) is 2.05. The van der Waals surface area contributed by atoms with Crippen LogP contribution in [0.25, 0.3) is 0 Å². The van der Waals surface area contributed by atoms with Crippen LogP contribution in [-0.2, 0) is 9.53 Å². The molecule has 3 rings (SSSR count). The van der Waals surface area contributed by atoms with Crippen molar-refractivity contribution in [2.75, 3.05) is 44.7 Å². The third kappa shape index (κ3) is 7.90. The summed E-state index contributed by atoms with van der Waals surface area (Å²) in [6.45, 7) is 16.6. The van der Waals surface area contributed by atoms with E-state index in [-0.39, 0.29) is 18.1 Å². The largest absolute Gasteiger partial charge is 0.488 e. The SMILES string of the molecule is C=CC(=O)N1CCN(C(CC)[C@H](C)/N=C\N=C(/C)Nc2ccc(O[C@@H]3CCCOC3)c(C)c2)CC1. The molecule has 0 bridgehead atoms. The normalized spacial score (nSPS) is 21.5. The zero-order chi connectivity index (χ0) is 25.2. The van der Waals surface area contributed by atoms with Gasteiger partial charge in [0.2, 0.25) is 5.91 Å². The number of nitrogens with zero attached hydrogens (tertiary/aromatic N) is 4. The van der Waals surface area contributed by atoms with Crippen molar-refractivity contribution >= 4 is 23.8 Å². The Hall–Kier alpha value is -2.71. The number of aliphatic imine (C=N–C) groups is 2. The number of benzene rings is 1. The minimum atomic E-state index is 0.0114. The van der Waals surface area contributed by atoms with E-state index in [0.717, 1.165) is 74.9 Å². The summed E-state index contributed by atoms with van der Waals surface area (Å²) in [5, 5.41) is 3.34. The molecule has 8 heteroatoms. The molecule has 1 aromatic carbocycles. The summed E-state index contributed by atoms with van der Waals surface area (Å²) < 4.78 is 11.6. The second-order valence-corrected chi connectivity index (χ2v) is 9.32. The van der Waals surface area contributed by atoms with Gasteiger partial charge in [0.15, 0.2) is 0 Å². The van der Waals surface area contributed by atoms with Crippen LogP contribution < -0.4 is 10.1 Å². The first-order chi connectivity index (χ1) is 16.9. The smallest absolute Gasteiger partial charge is 0.246 e. The zero-order valence-corrected chi connectivity index (χ0v) is 21.7. The Kier molecular flexibility index (Phi) is 10.3. The third-order valence-corrected chi connectivity index (χ3v) is 6.71. The zero-order valence-electron chi connectivity index (χ0n) is 21.7. The second-order valence-electron chi connectivity index (χ2n) is 9.32. The van der Waals surface area contributed by atoms with Crippen LogP contribution in [0.4, 0.5) is 5.69 Å². The first-order valence-electron chi connectivity index (χ1n) is 12.7. The van der Waals surface area contributed by atoms with E-state index in [9.17, 15) is 4.79 Å². The number of rotatable bonds is 9. The minimum absolute atomic E-state index is 0.0114. The Bertz CT molecular complexity index is 902. The molecule has 2 fully saturated rings. The number of anilines is 1. The molecule has 0 saturated carbocycles. The maximum atomic E-state index is 11.8. The topological polar surface area (TPSA) is 78.8 Å². The lowest BCUT2D eigenvalue weighted by Gasteiger charge is -2.40. The Morgan fingerprint density at radius 3 is 2.74 bits per heavy atom. The summed E-state index contributed by atoms with van der Waals surface area (Å²) in [4.78, 5) is 25.3. The van der Waals surface area contributed by atoms with Crippen molar-refractivity contribution in [1.29, 1.82) is 0 Å². The van der Waals surface area contributed by atoms with Gasteiger partial charge in [-0.05, 0) is 69.9 Å². The van der Waals surface area contributed by atoms with E-state index < -0.39 is 0 Å². The number of carbonyl (C=O) groups is 1. The molecule has 2 saturated heterocycles. The maximum absolute atomic E-state index is 11.8. The van der Waals surface area contributed by atoms with E-state index in [0.29, 0.717) is 12.6 Å². The third-order valence-electron chi connectivity index (χ3n) is 6.71. The van der Waals surface area contributed by atoms with Gasteiger partial charge in [-0.15, -0.1) is 0 Å². The number of aryl methyl sites for hydroxylation is 1. The van der Waals surface area contributed by atoms with Crippen molar-refractivity contribution in [1.82, 2.24) is 9.80 Å². The predicted molar refractivity (Wildman–Crippen MR) is 143 cm³/mol. The van der Waals surface area contributed by atoms with E-state index in [2.05, 4.69) is 48.6 Å². The van der Waals surface area contributed by atoms with Gasteiger partial charge in [-0.2, -0.15) is 0 Å². The first kappa shape index (κ1) is 26.9. The predicted octanol–water partition coefficient (Wildman–Crippen LogP) is 3.91. The average Bonchev–Trinajstić information content (AvgIpc) is 2.86. The van der Waals surface area contributed by atoms with E-state index in [4.69, 9.17) is 14.5 Å². The van der Waals surface area contributed by atoms with E-state index in [1.54, 1.807) is 6.34 Å². The van der Waals surface area contributed by atoms with Crippen LogP contribution in [0, 0.1) is 6.92 Å². The Morgan fingerprint density at radius 2 is 2.11 bits per heavy atom. The van der Waals surface area contributed by atoms with Gasteiger partial charge in [0.05, 0.1) is 12.6 Å². The van der Waals surface area contributed by atoms with Crippen molar-refractivity contribution in [3.05, 3.63) is 36.4 Å². The van der Waals surface area contributed by atoms with Gasteiger partial charge in [0.1, 0.15) is 24.0 Å². The minimum Gasteiger partial charge on any atom is -0.488 e. The van der Waals surface area contributed by atoms with E-state index in [1.807, 2.05) is 24.0 Å². The van der Waals surface area contributed by atoms with Crippen molar-refractivity contribution in [2.24, 2.45) is 9.98 Å². The highest BCUT2D eigenvalue weighted by Crippen LogP contribution is 2.25. The number of amides is 1. The quantitative estimate of drug-likeness (QED) is 0.327. The Balaban J connectivity index is 1.50. The highest BCUT2D eigenvalue weighted by molar-refractivity contribution is 5.97. The molecule has 1 unspecified atom stereocenters. The van der Waals surface area contributed by atoms with Gasteiger partial charge in [0.25, 0.3) is 0 Å². The second kappa shape index (κ2) is 13.4. The fourth-order valence-electron chi connectivity index (χ4n) is 4.72. The standard InChI is InChI=1S/C27H41N5O3/c1-6-25(31-12-14-32(15-13-31)27(33)7-2)21(4)28-19-29-22(5)30-23-10-11-26(20(3)17-23)35-24-9-8-16-34-18-24/h7,10-11,17,19,21,24-25H,2,6,8-9,12-16,18H2,1,3-5H3,(H,28,29,30)/t21-,24+,25?/m0/s1. The molecule has 2 aliphatic heterocycles. The van der Waals surface area contributed by atoms with Crippen LogP contribution in [0.5, 0.6) is 5.75 Å². The molecule has 192 valence electrons. The molecule has 0 aromatic heterocycles. The number of hydrogen-bond donors (Lipinski definition) is 1. The van der Waals surface area contributed by atoms with Gasteiger partial charge in [-0.25, -0.2) is 4.99 Å². The molecular weight excluding hydrogens is 442 g/mol. The maximum Gasteiger partial charge on any atom is 0.246 e. The summed E-state index contributed by atoms with van der Waals surface area (Å²) in [7, 11) is 0. The number of ether oxygens (including phenoxy) is 2. The lowest BCUT2D eigenvalue weighted by Crippen LogP contribution is -2.53. The Labute approximate surface area is 210 Å². The van der Waals surface area contributed by atoms with E-state index >= 15 is 0 Å². The summed E-state index contributed by atoms with van der Waals surface area (Å²) in [6.07, 6.45) is 6.26. The van der Waals surface area contributed by atoms with Gasteiger partial charge in [0, 0.05) is 44.5 Å². The van der Waals surface area contributed by atoms with Crippen LogP contribution in [0.1, 0.15) is 45.6 Å². The number of piperazine rings is 1. The molecule has 8 nitrogen and oxygen atoms in total. The highest BCUT2D eigenvalue weighted by atomic mass is 16.5. The first-order valence-corrected chi connectivity index (χ1v) is 12.7. The molecule has 1 amide bonds. The lowest BCUT2D eigenvalue weighted by atomic mass is 10.0. The van der Waals surface area contributed by atoms with Crippen LogP contribution in [0.2, 0.25) is 0 Å². The summed E-state index contributed by atoms with van der Waals surface area (Å²) >= 11 is 0. The molecule has 0 radical (unpaired) electrons. The van der Waals surface area contributed by atoms with Crippen molar-refractivity contribution in [2.45, 2.75) is 65.1 Å². The molecule has 2 aliphatic rings. The van der Waals surface area contributed by atoms with Gasteiger partial charge < -0.3 is 19.7 Å². The van der Waals surface area contributed by atoms with Crippen molar-refractivity contribution in [3.63, 3.8) is 0 Å².